The molecule has 1 fully saturated rings. The van der Waals surface area contributed by atoms with Gasteiger partial charge in [0.15, 0.2) is 6.10 Å². The summed E-state index contributed by atoms with van der Waals surface area (Å²) in [5.41, 5.74) is 0. The molecule has 0 saturated heterocycles. The van der Waals surface area contributed by atoms with Gasteiger partial charge in [0.2, 0.25) is 0 Å². The maximum atomic E-state index is 12.8. The lowest BCUT2D eigenvalue weighted by atomic mass is 9.85. The molecule has 0 aliphatic heterocycles. The molecule has 1 saturated carbocycles. The van der Waals surface area contributed by atoms with E-state index < -0.39 is 75.7 Å². The molecule has 340 valence electrons. The molecule has 0 spiro atoms. The van der Waals surface area contributed by atoms with Crippen LogP contribution in [-0.4, -0.2) is 98.3 Å². The number of unbranched alkanes of at least 4 members (excludes halogenated alkanes) is 13. The van der Waals surface area contributed by atoms with Gasteiger partial charge in [0.1, 0.15) is 43.2 Å². The minimum absolute atomic E-state index is 0.0434. The van der Waals surface area contributed by atoms with E-state index in [1.165, 1.54) is 57.8 Å². The minimum Gasteiger partial charge on any atom is -0.462 e. The highest BCUT2D eigenvalue weighted by Gasteiger charge is 2.51. The SMILES string of the molecule is CCCCC/C=C/C/C=C/C/C=C/CCCCC(=O)OC[C@H](COP(=O)(O)OC1C(O)C(O)C(O)[C@@H](O)C1O)OC(=O)CCCC/C=C/C/C=C/CCCCCCCC. The summed E-state index contributed by atoms with van der Waals surface area (Å²) in [5.74, 6) is -1.19. The Hall–Kier alpha value is -2.45. The van der Waals surface area contributed by atoms with E-state index in [1.807, 2.05) is 0 Å². The van der Waals surface area contributed by atoms with Gasteiger partial charge >= 0.3 is 19.8 Å². The van der Waals surface area contributed by atoms with E-state index in [1.54, 1.807) is 0 Å². The average Bonchev–Trinajstić information content (AvgIpc) is 3.21. The fraction of sp³-hybridized carbons (Fsp3) is 0.733. The Kier molecular flexibility index (Phi) is 32.5. The Morgan fingerprint density at radius 1 is 0.525 bits per heavy atom. The number of carbonyl (C=O) groups is 2. The third-order valence-electron chi connectivity index (χ3n) is 9.83. The van der Waals surface area contributed by atoms with Crippen LogP contribution in [0.1, 0.15) is 155 Å². The predicted octanol–water partition coefficient (Wildman–Crippen LogP) is 8.16. The highest BCUT2D eigenvalue weighted by atomic mass is 31.2. The zero-order valence-corrected chi connectivity index (χ0v) is 36.7. The van der Waals surface area contributed by atoms with E-state index in [2.05, 4.69) is 74.6 Å². The van der Waals surface area contributed by atoms with E-state index in [4.69, 9.17) is 18.5 Å². The fourth-order valence-corrected chi connectivity index (χ4v) is 7.18. The van der Waals surface area contributed by atoms with Crippen molar-refractivity contribution in [1.29, 1.82) is 0 Å². The Morgan fingerprint density at radius 2 is 0.915 bits per heavy atom. The maximum absolute atomic E-state index is 12.8. The summed E-state index contributed by atoms with van der Waals surface area (Å²) in [6.07, 6.45) is 28.6. The molecule has 0 aromatic rings. The summed E-state index contributed by atoms with van der Waals surface area (Å²) < 4.78 is 33.4. The molecule has 0 bridgehead atoms. The largest absolute Gasteiger partial charge is 0.472 e. The average molecular weight is 857 g/mol. The third kappa shape index (κ3) is 27.9. The van der Waals surface area contributed by atoms with Gasteiger partial charge in [0.25, 0.3) is 0 Å². The van der Waals surface area contributed by atoms with Gasteiger partial charge in [-0.15, -0.1) is 0 Å². The normalized spacial score (nSPS) is 22.9. The number of hydrogen-bond acceptors (Lipinski definition) is 12. The van der Waals surface area contributed by atoms with Crippen LogP contribution in [0.5, 0.6) is 0 Å². The lowest BCUT2D eigenvalue weighted by molar-refractivity contribution is -0.220. The van der Waals surface area contributed by atoms with Crippen LogP contribution in [0.3, 0.4) is 0 Å². The molecule has 1 rings (SSSR count). The monoisotopic (exact) mass is 857 g/mol. The number of phosphoric ester groups is 1. The first-order valence-corrected chi connectivity index (χ1v) is 23.6. The molecule has 0 heterocycles. The van der Waals surface area contributed by atoms with E-state index in [0.717, 1.165) is 57.8 Å². The van der Waals surface area contributed by atoms with Crippen LogP contribution >= 0.6 is 7.82 Å². The van der Waals surface area contributed by atoms with Gasteiger partial charge in [-0.1, -0.05) is 120 Å². The number of esters is 2. The van der Waals surface area contributed by atoms with Crippen molar-refractivity contribution in [3.8, 4) is 0 Å². The molecule has 14 heteroatoms. The molecule has 1 aliphatic rings. The van der Waals surface area contributed by atoms with Crippen LogP contribution in [0.25, 0.3) is 0 Å². The number of aliphatic hydroxyl groups excluding tert-OH is 5. The second-order valence-electron chi connectivity index (χ2n) is 15.2. The number of hydrogen-bond donors (Lipinski definition) is 6. The molecule has 0 amide bonds. The van der Waals surface area contributed by atoms with Gasteiger partial charge in [-0.2, -0.15) is 0 Å². The first-order valence-electron chi connectivity index (χ1n) is 22.1. The van der Waals surface area contributed by atoms with Crippen LogP contribution in [0.15, 0.2) is 60.8 Å². The van der Waals surface area contributed by atoms with E-state index in [9.17, 15) is 44.6 Å². The van der Waals surface area contributed by atoms with Crippen LogP contribution in [0.2, 0.25) is 0 Å². The van der Waals surface area contributed by atoms with Gasteiger partial charge in [0, 0.05) is 12.8 Å². The highest BCUT2D eigenvalue weighted by molar-refractivity contribution is 7.47. The minimum atomic E-state index is -5.13. The van der Waals surface area contributed by atoms with Crippen molar-refractivity contribution in [1.82, 2.24) is 0 Å². The zero-order chi connectivity index (χ0) is 43.6. The second-order valence-corrected chi connectivity index (χ2v) is 16.6. The second kappa shape index (κ2) is 35.2. The van der Waals surface area contributed by atoms with Crippen LogP contribution in [0, 0.1) is 0 Å². The third-order valence-corrected chi connectivity index (χ3v) is 10.8. The Morgan fingerprint density at radius 3 is 1.42 bits per heavy atom. The van der Waals surface area contributed by atoms with Crippen molar-refractivity contribution in [3.05, 3.63) is 60.8 Å². The standard InChI is InChI=1S/C45H77O13P/c1-3-5-7-9-11-13-15-17-19-21-23-25-27-29-31-33-38(46)55-35-37(36-56-59(53,54)58-45-43(51)41(49)40(48)42(50)44(45)52)57-39(47)34-32-30-28-26-24-22-20-18-16-14-12-10-8-6-4-2/h11,13,17-20,23-26,37,40-45,48-52H,3-10,12,14-16,21-22,27-36H2,1-2H3,(H,53,54)/b13-11+,19-17+,20-18+,25-23+,26-24+/t37-,40?,41-,42?,43?,44?,45?/m1/s1. The summed E-state index contributed by atoms with van der Waals surface area (Å²) >= 11 is 0. The van der Waals surface area contributed by atoms with Crippen molar-refractivity contribution in [3.63, 3.8) is 0 Å². The van der Waals surface area contributed by atoms with Crippen LogP contribution in [-0.2, 0) is 32.7 Å². The summed E-state index contributed by atoms with van der Waals surface area (Å²) in [6, 6.07) is 0. The van der Waals surface area contributed by atoms with Gasteiger partial charge < -0.3 is 39.9 Å². The van der Waals surface area contributed by atoms with E-state index >= 15 is 0 Å². The molecular formula is C45H77O13P. The topological polar surface area (TPSA) is 210 Å². The first-order chi connectivity index (χ1) is 28.4. The number of aliphatic hydroxyl groups is 5. The van der Waals surface area contributed by atoms with Crippen molar-refractivity contribution in [2.24, 2.45) is 0 Å². The van der Waals surface area contributed by atoms with Gasteiger partial charge in [0.05, 0.1) is 6.61 Å². The summed E-state index contributed by atoms with van der Waals surface area (Å²) in [4.78, 5) is 35.6. The van der Waals surface area contributed by atoms with E-state index in [-0.39, 0.29) is 12.8 Å². The lowest BCUT2D eigenvalue weighted by Gasteiger charge is -2.41. The van der Waals surface area contributed by atoms with Gasteiger partial charge in [-0.3, -0.25) is 18.6 Å². The Labute approximate surface area is 353 Å². The molecule has 1 aliphatic carbocycles. The first kappa shape index (κ1) is 54.6. The number of rotatable bonds is 35. The zero-order valence-electron chi connectivity index (χ0n) is 35.8. The smallest absolute Gasteiger partial charge is 0.462 e. The lowest BCUT2D eigenvalue weighted by Crippen LogP contribution is -2.64. The Balaban J connectivity index is 2.55. The maximum Gasteiger partial charge on any atom is 0.472 e. The molecule has 0 radical (unpaired) electrons. The molecule has 59 heavy (non-hydrogen) atoms. The van der Waals surface area contributed by atoms with Crippen molar-refractivity contribution >= 4 is 19.8 Å². The predicted molar refractivity (Wildman–Crippen MR) is 230 cm³/mol. The van der Waals surface area contributed by atoms with E-state index in [0.29, 0.717) is 12.8 Å². The van der Waals surface area contributed by atoms with Crippen LogP contribution in [0.4, 0.5) is 0 Å². The molecule has 13 nitrogen and oxygen atoms in total. The van der Waals surface area contributed by atoms with Gasteiger partial charge in [-0.25, -0.2) is 4.57 Å². The molecule has 6 N–H and O–H groups in total. The summed E-state index contributed by atoms with van der Waals surface area (Å²) in [6.45, 7) is 3.18. The van der Waals surface area contributed by atoms with Crippen molar-refractivity contribution < 1.29 is 63.1 Å². The molecule has 0 aromatic heterocycles. The molecular weight excluding hydrogens is 779 g/mol. The fourth-order valence-electron chi connectivity index (χ4n) is 6.20. The van der Waals surface area contributed by atoms with Crippen LogP contribution < -0.4 is 0 Å². The van der Waals surface area contributed by atoms with Gasteiger partial charge in [-0.05, 0) is 83.5 Å². The van der Waals surface area contributed by atoms with Crippen molar-refractivity contribution in [2.45, 2.75) is 198 Å². The number of phosphoric acid groups is 1. The number of allylic oxidation sites excluding steroid dienone is 10. The molecule has 8 atom stereocenters. The highest BCUT2D eigenvalue weighted by Crippen LogP contribution is 2.47. The summed E-state index contributed by atoms with van der Waals surface area (Å²) in [7, 11) is -5.13. The Bertz CT molecular complexity index is 1270. The quantitative estimate of drug-likeness (QED) is 0.0154. The summed E-state index contributed by atoms with van der Waals surface area (Å²) in [5, 5.41) is 50.1. The number of carbonyl (C=O) groups excluding carboxylic acids is 2. The molecule has 0 aromatic carbocycles. The van der Waals surface area contributed by atoms with Crippen molar-refractivity contribution in [2.75, 3.05) is 13.2 Å². The molecule has 6 unspecified atom stereocenters. The number of ether oxygens (including phenoxy) is 2.